The molecule has 4 N–H and O–H groups in total. The monoisotopic (exact) mass is 216 g/mol. The number of rotatable bonds is 6. The number of aliphatic carboxylic acids is 1. The number of hydrogen-bond donors (Lipinski definition) is 3. The van der Waals surface area contributed by atoms with Crippen LogP contribution in [0.2, 0.25) is 0 Å². The van der Waals surface area contributed by atoms with Crippen molar-refractivity contribution in [3.05, 3.63) is 0 Å². The van der Waals surface area contributed by atoms with Crippen molar-refractivity contribution in [1.29, 1.82) is 0 Å². The maximum absolute atomic E-state index is 11.4. The molecular formula is C9H16N2O4. The number of carbonyl (C=O) groups is 2. The summed E-state index contributed by atoms with van der Waals surface area (Å²) in [4.78, 5) is 21.5. The maximum atomic E-state index is 11.4. The number of hydrogen-bond acceptors (Lipinski definition) is 4. The van der Waals surface area contributed by atoms with Gasteiger partial charge >= 0.3 is 5.97 Å². The normalized spacial score (nSPS) is 17.9. The maximum Gasteiger partial charge on any atom is 0.329 e. The topological polar surface area (TPSA) is 102 Å². The Morgan fingerprint density at radius 2 is 2.13 bits per heavy atom. The van der Waals surface area contributed by atoms with Crippen molar-refractivity contribution in [3.8, 4) is 0 Å². The van der Waals surface area contributed by atoms with Crippen molar-refractivity contribution >= 4 is 11.9 Å². The Kier molecular flexibility index (Phi) is 4.05. The predicted octanol–water partition coefficient (Wildman–Crippen LogP) is -0.915. The molecule has 0 heterocycles. The van der Waals surface area contributed by atoms with Crippen molar-refractivity contribution in [2.75, 3.05) is 19.8 Å². The van der Waals surface area contributed by atoms with Crippen LogP contribution in [0.1, 0.15) is 19.3 Å². The molecule has 6 heteroatoms. The lowest BCUT2D eigenvalue weighted by atomic mass is 9.77. The van der Waals surface area contributed by atoms with E-state index in [1.54, 1.807) is 0 Å². The molecule has 1 rings (SSSR count). The average Bonchev–Trinajstić information content (AvgIpc) is 2.12. The SMILES string of the molecule is NC1(C(=O)NCCOCC(=O)O)CCC1. The second kappa shape index (κ2) is 5.09. The molecule has 0 saturated heterocycles. The fourth-order valence-electron chi connectivity index (χ4n) is 1.36. The molecule has 0 aromatic heterocycles. The third-order valence-electron chi connectivity index (χ3n) is 2.46. The van der Waals surface area contributed by atoms with Gasteiger partial charge in [0.15, 0.2) is 0 Å². The lowest BCUT2D eigenvalue weighted by molar-refractivity contribution is -0.142. The van der Waals surface area contributed by atoms with E-state index in [-0.39, 0.29) is 19.1 Å². The molecule has 1 fully saturated rings. The summed E-state index contributed by atoms with van der Waals surface area (Å²) in [5.74, 6) is -1.19. The smallest absolute Gasteiger partial charge is 0.329 e. The van der Waals surface area contributed by atoms with Crippen molar-refractivity contribution in [2.24, 2.45) is 5.73 Å². The number of carboxylic acids is 1. The lowest BCUT2D eigenvalue weighted by Gasteiger charge is -2.36. The molecule has 0 aromatic rings. The molecule has 0 aromatic carbocycles. The molecule has 6 nitrogen and oxygen atoms in total. The number of nitrogens with one attached hydrogen (secondary N) is 1. The Morgan fingerprint density at radius 1 is 1.47 bits per heavy atom. The van der Waals surface area contributed by atoms with Gasteiger partial charge in [-0.15, -0.1) is 0 Å². The number of carbonyl (C=O) groups excluding carboxylic acids is 1. The van der Waals surface area contributed by atoms with E-state index >= 15 is 0 Å². The zero-order valence-corrected chi connectivity index (χ0v) is 8.49. The van der Waals surface area contributed by atoms with Crippen LogP contribution in [0.4, 0.5) is 0 Å². The first-order valence-corrected chi connectivity index (χ1v) is 4.91. The van der Waals surface area contributed by atoms with Gasteiger partial charge in [0.05, 0.1) is 12.1 Å². The highest BCUT2D eigenvalue weighted by Gasteiger charge is 2.39. The van der Waals surface area contributed by atoms with Crippen LogP contribution < -0.4 is 11.1 Å². The van der Waals surface area contributed by atoms with Crippen molar-refractivity contribution < 1.29 is 19.4 Å². The average molecular weight is 216 g/mol. The van der Waals surface area contributed by atoms with Gasteiger partial charge in [0.25, 0.3) is 0 Å². The van der Waals surface area contributed by atoms with E-state index in [1.165, 1.54) is 0 Å². The minimum atomic E-state index is -1.02. The van der Waals surface area contributed by atoms with Gasteiger partial charge in [0.1, 0.15) is 6.61 Å². The van der Waals surface area contributed by atoms with Crippen LogP contribution >= 0.6 is 0 Å². The predicted molar refractivity (Wildman–Crippen MR) is 52.2 cm³/mol. The molecule has 0 aliphatic heterocycles. The van der Waals surface area contributed by atoms with E-state index in [0.717, 1.165) is 19.3 Å². The Labute approximate surface area is 87.8 Å². The highest BCUT2D eigenvalue weighted by Crippen LogP contribution is 2.28. The van der Waals surface area contributed by atoms with Crippen LogP contribution in [-0.2, 0) is 14.3 Å². The summed E-state index contributed by atoms with van der Waals surface area (Å²) >= 11 is 0. The highest BCUT2D eigenvalue weighted by atomic mass is 16.5. The van der Waals surface area contributed by atoms with Gasteiger partial charge in [-0.2, -0.15) is 0 Å². The summed E-state index contributed by atoms with van der Waals surface area (Å²) in [5, 5.41) is 10.9. The zero-order chi connectivity index (χ0) is 11.3. The first-order valence-electron chi connectivity index (χ1n) is 4.91. The molecule has 0 spiro atoms. The fourth-order valence-corrected chi connectivity index (χ4v) is 1.36. The van der Waals surface area contributed by atoms with Crippen LogP contribution in [0.5, 0.6) is 0 Å². The quantitative estimate of drug-likeness (QED) is 0.499. The Bertz CT molecular complexity index is 250. The van der Waals surface area contributed by atoms with Gasteiger partial charge in [-0.25, -0.2) is 4.79 Å². The Morgan fingerprint density at radius 3 is 2.60 bits per heavy atom. The Balaban J connectivity index is 2.05. The van der Waals surface area contributed by atoms with Crippen molar-refractivity contribution in [1.82, 2.24) is 5.32 Å². The van der Waals surface area contributed by atoms with E-state index < -0.39 is 11.5 Å². The van der Waals surface area contributed by atoms with Crippen molar-refractivity contribution in [2.45, 2.75) is 24.8 Å². The van der Waals surface area contributed by atoms with Gasteiger partial charge in [0, 0.05) is 6.54 Å². The summed E-state index contributed by atoms with van der Waals surface area (Å²) in [7, 11) is 0. The molecule has 1 aliphatic rings. The van der Waals surface area contributed by atoms with Crippen LogP contribution in [0, 0.1) is 0 Å². The third-order valence-corrected chi connectivity index (χ3v) is 2.46. The zero-order valence-electron chi connectivity index (χ0n) is 8.49. The summed E-state index contributed by atoms with van der Waals surface area (Å²) in [6, 6.07) is 0. The number of carboxylic acid groups (broad SMARTS) is 1. The number of ether oxygens (including phenoxy) is 1. The van der Waals surface area contributed by atoms with E-state index in [2.05, 4.69) is 5.32 Å². The van der Waals surface area contributed by atoms with Gasteiger partial charge in [-0.05, 0) is 19.3 Å². The molecular weight excluding hydrogens is 200 g/mol. The second-order valence-corrected chi connectivity index (χ2v) is 3.71. The van der Waals surface area contributed by atoms with Gasteiger partial charge in [0.2, 0.25) is 5.91 Å². The van der Waals surface area contributed by atoms with Crippen LogP contribution in [0.15, 0.2) is 0 Å². The van der Waals surface area contributed by atoms with Crippen LogP contribution in [0.25, 0.3) is 0 Å². The van der Waals surface area contributed by atoms with E-state index in [4.69, 9.17) is 15.6 Å². The molecule has 86 valence electrons. The summed E-state index contributed by atoms with van der Waals surface area (Å²) in [6.45, 7) is 0.142. The first-order chi connectivity index (χ1) is 7.04. The molecule has 1 aliphatic carbocycles. The minimum absolute atomic E-state index is 0.173. The third kappa shape index (κ3) is 3.49. The minimum Gasteiger partial charge on any atom is -0.480 e. The van der Waals surface area contributed by atoms with Gasteiger partial charge in [-0.3, -0.25) is 4.79 Å². The van der Waals surface area contributed by atoms with E-state index in [9.17, 15) is 9.59 Å². The Hall–Kier alpha value is -1.14. The van der Waals surface area contributed by atoms with Crippen LogP contribution in [-0.4, -0.2) is 42.3 Å². The first kappa shape index (κ1) is 11.9. The van der Waals surface area contributed by atoms with E-state index in [0.29, 0.717) is 6.54 Å². The van der Waals surface area contributed by atoms with Gasteiger partial charge < -0.3 is 20.9 Å². The standard InChI is InChI=1S/C9H16N2O4/c10-9(2-1-3-9)8(14)11-4-5-15-6-7(12)13/h1-6,10H2,(H,11,14)(H,12,13). The fraction of sp³-hybridized carbons (Fsp3) is 0.778. The molecule has 0 bridgehead atoms. The van der Waals surface area contributed by atoms with Crippen LogP contribution in [0.3, 0.4) is 0 Å². The summed E-state index contributed by atoms with van der Waals surface area (Å²) in [6.07, 6.45) is 2.42. The molecule has 0 radical (unpaired) electrons. The lowest BCUT2D eigenvalue weighted by Crippen LogP contribution is -2.58. The van der Waals surface area contributed by atoms with E-state index in [1.807, 2.05) is 0 Å². The second-order valence-electron chi connectivity index (χ2n) is 3.71. The molecule has 1 saturated carbocycles. The molecule has 0 atom stereocenters. The molecule has 15 heavy (non-hydrogen) atoms. The van der Waals surface area contributed by atoms with Crippen molar-refractivity contribution in [3.63, 3.8) is 0 Å². The molecule has 1 amide bonds. The highest BCUT2D eigenvalue weighted by molar-refractivity contribution is 5.86. The number of nitrogens with two attached hydrogens (primary N) is 1. The summed E-state index contributed by atoms with van der Waals surface area (Å²) < 4.78 is 4.75. The largest absolute Gasteiger partial charge is 0.480 e. The number of amides is 1. The molecule has 0 unspecified atom stereocenters. The van der Waals surface area contributed by atoms with Gasteiger partial charge in [-0.1, -0.05) is 0 Å². The summed E-state index contributed by atoms with van der Waals surface area (Å²) in [5.41, 5.74) is 5.06.